The van der Waals surface area contributed by atoms with Crippen molar-refractivity contribution in [3.05, 3.63) is 18.2 Å². The van der Waals surface area contributed by atoms with Gasteiger partial charge in [0.15, 0.2) is 6.61 Å². The second-order valence-electron chi connectivity index (χ2n) is 9.15. The minimum absolute atomic E-state index is 0.114. The van der Waals surface area contributed by atoms with Crippen LogP contribution in [0.3, 0.4) is 0 Å². The van der Waals surface area contributed by atoms with Gasteiger partial charge in [0, 0.05) is 25.2 Å². The number of carbonyl (C=O) groups excluding carboxylic acids is 2. The van der Waals surface area contributed by atoms with Crippen molar-refractivity contribution in [2.75, 3.05) is 31.1 Å². The van der Waals surface area contributed by atoms with Gasteiger partial charge in [-0.05, 0) is 64.2 Å². The van der Waals surface area contributed by atoms with E-state index in [2.05, 4.69) is 0 Å². The molecule has 0 spiro atoms. The van der Waals surface area contributed by atoms with Crippen LogP contribution in [0, 0.1) is 0 Å². The standard InChI is InChI=1S/C23H33N3O5S/c1-17-8-7-9-18(2)26(17)22(27)15-25-20-14-19(10-11-21(20)31-16-23(25)28)32(29,30)24-12-5-3-4-6-13-24/h10-11,14,17-18H,3-9,12-13,15-16H2,1-2H3/t17-,18-/m0/s1. The molecule has 2 amide bonds. The first kappa shape index (κ1) is 23.0. The van der Waals surface area contributed by atoms with Crippen LogP contribution >= 0.6 is 0 Å². The van der Waals surface area contributed by atoms with E-state index in [0.29, 0.717) is 24.5 Å². The monoisotopic (exact) mass is 463 g/mol. The Morgan fingerprint density at radius 3 is 2.34 bits per heavy atom. The molecule has 2 fully saturated rings. The first-order chi connectivity index (χ1) is 15.3. The highest BCUT2D eigenvalue weighted by Crippen LogP contribution is 2.35. The van der Waals surface area contributed by atoms with Crippen molar-refractivity contribution in [2.24, 2.45) is 0 Å². The van der Waals surface area contributed by atoms with Crippen molar-refractivity contribution in [2.45, 2.75) is 75.8 Å². The number of sulfonamides is 1. The summed E-state index contributed by atoms with van der Waals surface area (Å²) in [7, 11) is -3.68. The number of amides is 2. The molecule has 0 saturated carbocycles. The number of piperidine rings is 1. The molecule has 4 rings (SSSR count). The summed E-state index contributed by atoms with van der Waals surface area (Å²) in [5.41, 5.74) is 0.350. The van der Waals surface area contributed by atoms with Crippen LogP contribution < -0.4 is 9.64 Å². The Kier molecular flexibility index (Phi) is 6.76. The third kappa shape index (κ3) is 4.50. The SMILES string of the molecule is C[C@H]1CCC[C@H](C)N1C(=O)CN1C(=O)COc2ccc(S(=O)(=O)N3CCCCCC3)cc21. The summed E-state index contributed by atoms with van der Waals surface area (Å²) in [6.45, 7) is 4.80. The molecule has 3 aliphatic heterocycles. The molecule has 0 aromatic heterocycles. The van der Waals surface area contributed by atoms with E-state index in [9.17, 15) is 18.0 Å². The average molecular weight is 464 g/mol. The van der Waals surface area contributed by atoms with E-state index < -0.39 is 10.0 Å². The highest BCUT2D eigenvalue weighted by Gasteiger charge is 2.35. The summed E-state index contributed by atoms with van der Waals surface area (Å²) in [6, 6.07) is 4.86. The van der Waals surface area contributed by atoms with Gasteiger partial charge in [-0.25, -0.2) is 8.42 Å². The fourth-order valence-electron chi connectivity index (χ4n) is 5.08. The highest BCUT2D eigenvalue weighted by atomic mass is 32.2. The van der Waals surface area contributed by atoms with Crippen molar-refractivity contribution in [1.29, 1.82) is 0 Å². The quantitative estimate of drug-likeness (QED) is 0.685. The molecule has 9 heteroatoms. The molecule has 8 nitrogen and oxygen atoms in total. The van der Waals surface area contributed by atoms with Crippen LogP contribution in [-0.4, -0.2) is 67.8 Å². The molecule has 0 bridgehead atoms. The van der Waals surface area contributed by atoms with Gasteiger partial charge in [-0.1, -0.05) is 12.8 Å². The van der Waals surface area contributed by atoms with E-state index in [4.69, 9.17) is 4.74 Å². The smallest absolute Gasteiger partial charge is 0.265 e. The Balaban J connectivity index is 1.62. The lowest BCUT2D eigenvalue weighted by Crippen LogP contribution is -2.53. The summed E-state index contributed by atoms with van der Waals surface area (Å²) in [5.74, 6) is -0.0360. The molecule has 2 saturated heterocycles. The van der Waals surface area contributed by atoms with Gasteiger partial charge in [-0.2, -0.15) is 4.31 Å². The number of hydrogen-bond donors (Lipinski definition) is 0. The van der Waals surface area contributed by atoms with E-state index in [1.807, 2.05) is 18.7 Å². The molecule has 0 aliphatic carbocycles. The van der Waals surface area contributed by atoms with E-state index in [-0.39, 0.29) is 41.9 Å². The zero-order chi connectivity index (χ0) is 22.9. The zero-order valence-corrected chi connectivity index (χ0v) is 19.8. The number of likely N-dealkylation sites (tertiary alicyclic amines) is 1. The third-order valence-electron chi connectivity index (χ3n) is 6.85. The molecule has 0 N–H and O–H groups in total. The number of hydrogen-bond acceptors (Lipinski definition) is 5. The van der Waals surface area contributed by atoms with Crippen LogP contribution in [0.5, 0.6) is 5.75 Å². The molecule has 0 unspecified atom stereocenters. The number of fused-ring (bicyclic) bond motifs is 1. The van der Waals surface area contributed by atoms with Gasteiger partial charge in [0.05, 0.1) is 10.6 Å². The van der Waals surface area contributed by atoms with Gasteiger partial charge in [-0.3, -0.25) is 14.5 Å². The zero-order valence-electron chi connectivity index (χ0n) is 19.0. The Labute approximate surface area is 190 Å². The molecular weight excluding hydrogens is 430 g/mol. The topological polar surface area (TPSA) is 87.2 Å². The molecule has 0 radical (unpaired) electrons. The summed E-state index contributed by atoms with van der Waals surface area (Å²) in [4.78, 5) is 29.3. The van der Waals surface area contributed by atoms with E-state index in [0.717, 1.165) is 44.9 Å². The number of benzene rings is 1. The van der Waals surface area contributed by atoms with Gasteiger partial charge < -0.3 is 9.64 Å². The van der Waals surface area contributed by atoms with Crippen molar-refractivity contribution >= 4 is 27.5 Å². The summed E-state index contributed by atoms with van der Waals surface area (Å²) in [6.07, 6.45) is 6.73. The largest absolute Gasteiger partial charge is 0.482 e. The van der Waals surface area contributed by atoms with Crippen LogP contribution in [0.1, 0.15) is 58.8 Å². The Bertz CT molecular complexity index is 962. The van der Waals surface area contributed by atoms with Crippen molar-refractivity contribution in [3.8, 4) is 5.75 Å². The molecule has 3 aliphatic rings. The van der Waals surface area contributed by atoms with Crippen LogP contribution in [0.25, 0.3) is 0 Å². The van der Waals surface area contributed by atoms with Gasteiger partial charge in [0.1, 0.15) is 12.3 Å². The van der Waals surface area contributed by atoms with Crippen molar-refractivity contribution in [3.63, 3.8) is 0 Å². The van der Waals surface area contributed by atoms with Crippen LogP contribution in [0.2, 0.25) is 0 Å². The van der Waals surface area contributed by atoms with E-state index in [1.165, 1.54) is 21.3 Å². The number of ether oxygens (including phenoxy) is 1. The first-order valence-electron chi connectivity index (χ1n) is 11.7. The lowest BCUT2D eigenvalue weighted by Gasteiger charge is -2.40. The van der Waals surface area contributed by atoms with Crippen LogP contribution in [0.4, 0.5) is 5.69 Å². The van der Waals surface area contributed by atoms with Crippen LogP contribution in [0.15, 0.2) is 23.1 Å². The van der Waals surface area contributed by atoms with E-state index >= 15 is 0 Å². The fraction of sp³-hybridized carbons (Fsp3) is 0.652. The minimum atomic E-state index is -3.68. The molecule has 2 atom stereocenters. The lowest BCUT2D eigenvalue weighted by molar-refractivity contribution is -0.137. The minimum Gasteiger partial charge on any atom is -0.482 e. The van der Waals surface area contributed by atoms with Crippen LogP contribution in [-0.2, 0) is 19.6 Å². The number of anilines is 1. The number of nitrogens with zero attached hydrogens (tertiary/aromatic N) is 3. The summed E-state index contributed by atoms with van der Waals surface area (Å²) >= 11 is 0. The normalized spacial score (nSPS) is 25.1. The van der Waals surface area contributed by atoms with Gasteiger partial charge >= 0.3 is 0 Å². The second kappa shape index (κ2) is 9.39. The maximum Gasteiger partial charge on any atom is 0.265 e. The maximum absolute atomic E-state index is 13.3. The molecule has 3 heterocycles. The lowest BCUT2D eigenvalue weighted by atomic mass is 9.97. The maximum atomic E-state index is 13.3. The summed E-state index contributed by atoms with van der Waals surface area (Å²) in [5, 5.41) is 0. The Morgan fingerprint density at radius 1 is 1.03 bits per heavy atom. The molecular formula is C23H33N3O5S. The second-order valence-corrected chi connectivity index (χ2v) is 11.1. The number of carbonyl (C=O) groups is 2. The van der Waals surface area contributed by atoms with Gasteiger partial charge in [-0.15, -0.1) is 0 Å². The first-order valence-corrected chi connectivity index (χ1v) is 13.1. The molecule has 32 heavy (non-hydrogen) atoms. The van der Waals surface area contributed by atoms with Gasteiger partial charge in [0.25, 0.3) is 5.91 Å². The number of rotatable bonds is 4. The van der Waals surface area contributed by atoms with E-state index in [1.54, 1.807) is 6.07 Å². The average Bonchev–Trinajstić information content (AvgIpc) is 3.05. The highest BCUT2D eigenvalue weighted by molar-refractivity contribution is 7.89. The Hall–Kier alpha value is -2.13. The predicted octanol–water partition coefficient (Wildman–Crippen LogP) is 2.77. The fourth-order valence-corrected chi connectivity index (χ4v) is 6.61. The molecule has 1 aromatic rings. The van der Waals surface area contributed by atoms with Crippen molar-refractivity contribution in [1.82, 2.24) is 9.21 Å². The van der Waals surface area contributed by atoms with Gasteiger partial charge in [0.2, 0.25) is 15.9 Å². The Morgan fingerprint density at radius 2 is 1.69 bits per heavy atom. The predicted molar refractivity (Wildman–Crippen MR) is 121 cm³/mol. The molecule has 176 valence electrons. The summed E-state index contributed by atoms with van der Waals surface area (Å²) < 4.78 is 33.6. The molecule has 1 aromatic carbocycles. The third-order valence-corrected chi connectivity index (χ3v) is 8.75. The van der Waals surface area contributed by atoms with Crippen molar-refractivity contribution < 1.29 is 22.7 Å².